The molecule has 0 aromatic heterocycles. The average Bonchev–Trinajstić information content (AvgIpc) is 2.00. The van der Waals surface area contributed by atoms with E-state index >= 15 is 0 Å². The van der Waals surface area contributed by atoms with Crippen LogP contribution in [0.15, 0.2) is 11.8 Å². The van der Waals surface area contributed by atoms with E-state index in [0.29, 0.717) is 0 Å². The number of hydrogen-bond acceptors (Lipinski definition) is 3. The molecule has 66 valence electrons. The largest absolute Gasteiger partial charge is 0.369 e. The lowest BCUT2D eigenvalue weighted by atomic mass is 10.2. The highest BCUT2D eigenvalue weighted by Gasteiger charge is 2.28. The highest BCUT2D eigenvalue weighted by Crippen LogP contribution is 2.09. The molecule has 0 aromatic carbocycles. The second-order valence-electron chi connectivity index (χ2n) is 2.40. The van der Waals surface area contributed by atoms with Gasteiger partial charge in [-0.25, -0.2) is 4.79 Å². The molecule has 0 saturated carbocycles. The monoisotopic (exact) mass is 171 g/mol. The van der Waals surface area contributed by atoms with Crippen LogP contribution < -0.4 is 11.1 Å². The molecule has 0 spiro atoms. The third-order valence-corrected chi connectivity index (χ3v) is 1.60. The minimum absolute atomic E-state index is 0.0305. The number of rotatable bonds is 1. The molecule has 0 aliphatic carbocycles. The van der Waals surface area contributed by atoms with Crippen molar-refractivity contribution < 1.29 is 14.7 Å². The van der Waals surface area contributed by atoms with Crippen molar-refractivity contribution >= 4 is 11.9 Å². The number of aliphatic hydroxyl groups excluding tert-OH is 1. The minimum atomic E-state index is -1.25. The molecular formula is C6H9N3O3. The van der Waals surface area contributed by atoms with E-state index in [1.165, 1.54) is 7.05 Å². The van der Waals surface area contributed by atoms with Gasteiger partial charge >= 0.3 is 6.03 Å². The van der Waals surface area contributed by atoms with Crippen LogP contribution in [0.2, 0.25) is 0 Å². The molecule has 1 aliphatic heterocycles. The first-order valence-corrected chi connectivity index (χ1v) is 3.25. The summed E-state index contributed by atoms with van der Waals surface area (Å²) in [6.07, 6.45) is -0.147. The SMILES string of the molecule is CN1C(=O)NC=C(C(N)=O)C1O. The summed E-state index contributed by atoms with van der Waals surface area (Å²) in [6.45, 7) is 0. The van der Waals surface area contributed by atoms with Crippen LogP contribution in [0.25, 0.3) is 0 Å². The lowest BCUT2D eigenvalue weighted by molar-refractivity contribution is -0.116. The van der Waals surface area contributed by atoms with Crippen molar-refractivity contribution in [1.82, 2.24) is 10.2 Å². The van der Waals surface area contributed by atoms with Gasteiger partial charge in [0.1, 0.15) is 0 Å². The van der Waals surface area contributed by atoms with Crippen LogP contribution in [-0.2, 0) is 4.79 Å². The number of likely N-dealkylation sites (N-methyl/N-ethyl adjacent to an activating group) is 1. The van der Waals surface area contributed by atoms with E-state index in [1.807, 2.05) is 0 Å². The summed E-state index contributed by atoms with van der Waals surface area (Å²) >= 11 is 0. The quantitative estimate of drug-likeness (QED) is 0.440. The molecule has 12 heavy (non-hydrogen) atoms. The molecule has 0 radical (unpaired) electrons. The molecule has 0 aromatic rings. The lowest BCUT2D eigenvalue weighted by Crippen LogP contribution is -2.49. The van der Waals surface area contributed by atoms with Gasteiger partial charge in [0.2, 0.25) is 0 Å². The first kappa shape index (κ1) is 8.54. The van der Waals surface area contributed by atoms with Crippen molar-refractivity contribution in [3.8, 4) is 0 Å². The van der Waals surface area contributed by atoms with Gasteiger partial charge in [-0.3, -0.25) is 9.69 Å². The van der Waals surface area contributed by atoms with Gasteiger partial charge in [0.05, 0.1) is 5.57 Å². The number of aliphatic hydroxyl groups is 1. The van der Waals surface area contributed by atoms with Crippen LogP contribution in [0.3, 0.4) is 0 Å². The van der Waals surface area contributed by atoms with Gasteiger partial charge in [-0.15, -0.1) is 0 Å². The summed E-state index contributed by atoms with van der Waals surface area (Å²) in [6, 6.07) is -0.479. The molecule has 0 saturated heterocycles. The van der Waals surface area contributed by atoms with Crippen molar-refractivity contribution in [3.63, 3.8) is 0 Å². The molecular weight excluding hydrogens is 162 g/mol. The summed E-state index contributed by atoms with van der Waals surface area (Å²) in [5.74, 6) is -0.755. The number of nitrogens with one attached hydrogen (secondary N) is 1. The molecule has 3 amide bonds. The second-order valence-corrected chi connectivity index (χ2v) is 2.40. The number of hydrogen-bond donors (Lipinski definition) is 3. The smallest absolute Gasteiger partial charge is 0.323 e. The van der Waals surface area contributed by atoms with E-state index in [0.717, 1.165) is 11.1 Å². The molecule has 1 rings (SSSR count). The van der Waals surface area contributed by atoms with E-state index in [9.17, 15) is 14.7 Å². The molecule has 0 bridgehead atoms. The number of amides is 3. The number of primary amides is 1. The molecule has 4 N–H and O–H groups in total. The fraction of sp³-hybridized carbons (Fsp3) is 0.333. The third kappa shape index (κ3) is 1.24. The lowest BCUT2D eigenvalue weighted by Gasteiger charge is -2.27. The Hall–Kier alpha value is -1.56. The molecule has 1 unspecified atom stereocenters. The Morgan fingerprint density at radius 3 is 2.92 bits per heavy atom. The maximum atomic E-state index is 10.8. The zero-order chi connectivity index (χ0) is 9.30. The topological polar surface area (TPSA) is 95.7 Å². The van der Waals surface area contributed by atoms with Crippen molar-refractivity contribution in [2.75, 3.05) is 7.05 Å². The standard InChI is InChI=1S/C6H9N3O3/c1-9-5(11)3(4(7)10)2-8-6(9)12/h2,5,11H,1H3,(H2,7,10)(H,8,12). The van der Waals surface area contributed by atoms with Crippen molar-refractivity contribution in [3.05, 3.63) is 11.8 Å². The number of carbonyl (C=O) groups excluding carboxylic acids is 2. The fourth-order valence-corrected chi connectivity index (χ4v) is 0.834. The van der Waals surface area contributed by atoms with Crippen LogP contribution in [0.4, 0.5) is 4.79 Å². The van der Waals surface area contributed by atoms with Gasteiger partial charge in [-0.05, 0) is 0 Å². The molecule has 1 atom stereocenters. The maximum absolute atomic E-state index is 10.8. The van der Waals surface area contributed by atoms with Crippen LogP contribution in [0.5, 0.6) is 0 Å². The molecule has 1 aliphatic rings. The normalized spacial score (nSPS) is 23.2. The fourth-order valence-electron chi connectivity index (χ4n) is 0.834. The number of nitrogens with two attached hydrogens (primary N) is 1. The molecule has 0 fully saturated rings. The molecule has 1 heterocycles. The van der Waals surface area contributed by atoms with Gasteiger partial charge in [0.25, 0.3) is 5.91 Å². The zero-order valence-electron chi connectivity index (χ0n) is 6.44. The van der Waals surface area contributed by atoms with Crippen LogP contribution in [-0.4, -0.2) is 35.2 Å². The van der Waals surface area contributed by atoms with Crippen molar-refractivity contribution in [1.29, 1.82) is 0 Å². The summed E-state index contributed by atoms with van der Waals surface area (Å²) in [5.41, 5.74) is 4.89. The van der Waals surface area contributed by atoms with Gasteiger partial charge in [-0.1, -0.05) is 0 Å². The second kappa shape index (κ2) is 2.82. The van der Waals surface area contributed by atoms with Gasteiger partial charge in [0, 0.05) is 13.2 Å². The Morgan fingerprint density at radius 2 is 2.42 bits per heavy atom. The van der Waals surface area contributed by atoms with Gasteiger partial charge < -0.3 is 16.2 Å². The van der Waals surface area contributed by atoms with E-state index in [4.69, 9.17) is 5.73 Å². The van der Waals surface area contributed by atoms with E-state index in [1.54, 1.807) is 0 Å². The Balaban J connectivity index is 2.91. The van der Waals surface area contributed by atoms with Gasteiger partial charge in [-0.2, -0.15) is 0 Å². The maximum Gasteiger partial charge on any atom is 0.323 e. The van der Waals surface area contributed by atoms with Crippen LogP contribution in [0, 0.1) is 0 Å². The summed E-state index contributed by atoms with van der Waals surface area (Å²) in [4.78, 5) is 22.4. The minimum Gasteiger partial charge on any atom is -0.369 e. The number of carbonyl (C=O) groups is 2. The predicted molar refractivity (Wildman–Crippen MR) is 39.6 cm³/mol. The highest BCUT2D eigenvalue weighted by molar-refractivity contribution is 5.95. The zero-order valence-corrected chi connectivity index (χ0v) is 6.44. The molecule has 6 heteroatoms. The predicted octanol–water partition coefficient (Wildman–Crippen LogP) is -1.67. The molecule has 6 nitrogen and oxygen atoms in total. The Bertz CT molecular complexity index is 261. The highest BCUT2D eigenvalue weighted by atomic mass is 16.3. The summed E-state index contributed by atoms with van der Waals surface area (Å²) in [5, 5.41) is 11.5. The Kier molecular flexibility index (Phi) is 2.01. The van der Waals surface area contributed by atoms with Gasteiger partial charge in [0.15, 0.2) is 6.23 Å². The van der Waals surface area contributed by atoms with Crippen molar-refractivity contribution in [2.24, 2.45) is 5.73 Å². The number of nitrogens with zero attached hydrogens (tertiary/aromatic N) is 1. The summed E-state index contributed by atoms with van der Waals surface area (Å²) < 4.78 is 0. The third-order valence-electron chi connectivity index (χ3n) is 1.60. The summed E-state index contributed by atoms with van der Waals surface area (Å²) in [7, 11) is 1.36. The van der Waals surface area contributed by atoms with E-state index in [2.05, 4.69) is 5.32 Å². The Morgan fingerprint density at radius 1 is 1.83 bits per heavy atom. The van der Waals surface area contributed by atoms with Crippen molar-refractivity contribution in [2.45, 2.75) is 6.23 Å². The average molecular weight is 171 g/mol. The first-order valence-electron chi connectivity index (χ1n) is 3.25. The van der Waals surface area contributed by atoms with Crippen LogP contribution >= 0.6 is 0 Å². The number of urea groups is 1. The first-order chi connectivity index (χ1) is 5.54. The van der Waals surface area contributed by atoms with E-state index < -0.39 is 18.2 Å². The van der Waals surface area contributed by atoms with E-state index in [-0.39, 0.29) is 5.57 Å². The Labute approximate surface area is 68.6 Å². The van der Waals surface area contributed by atoms with Crippen LogP contribution in [0.1, 0.15) is 0 Å².